The van der Waals surface area contributed by atoms with Gasteiger partial charge >= 0.3 is 12.0 Å². The van der Waals surface area contributed by atoms with Crippen molar-refractivity contribution in [2.45, 2.75) is 30.7 Å². The largest absolute Gasteiger partial charge is 0.505 e. The number of carboxylic acid groups (broad SMARTS) is 1. The number of carbonyl (C=O) groups is 1. The minimum atomic E-state index is -4.66. The zero-order valence-corrected chi connectivity index (χ0v) is 21.7. The maximum atomic E-state index is 12.0. The maximum Gasteiger partial charge on any atom is 0.337 e. The van der Waals surface area contributed by atoms with Crippen LogP contribution in [-0.4, -0.2) is 61.8 Å². The van der Waals surface area contributed by atoms with Crippen LogP contribution in [0.5, 0.6) is 11.8 Å². The molecule has 1 fully saturated rings. The van der Waals surface area contributed by atoms with Crippen molar-refractivity contribution >= 4 is 55.8 Å². The first-order valence-electron chi connectivity index (χ1n) is 12.0. The Morgan fingerprint density at radius 2 is 1.80 bits per heavy atom. The standard InChI is InChI=1S/C25H23N7O7S/c1-13-5-4-10-32(13)24-27-23(28-25(36)29-24)26-19-12-15(40(37,38)39)11-14-8-9-18(21(33)20(14)19)31-30-17-7-3-2-6-16(17)22(34)35/h2-3,6-9,11-13,33H,4-5,10H2,1H3,(H,34,35)(H,37,38,39)(H2,26,27,28,29,36)/b31-30+. The number of aromatic hydroxyl groups is 2. The second kappa shape index (κ2) is 10.3. The lowest BCUT2D eigenvalue weighted by atomic mass is 10.1. The number of rotatable bonds is 7. The normalized spacial score (nSPS) is 15.7. The van der Waals surface area contributed by atoms with E-state index < -0.39 is 32.7 Å². The fraction of sp³-hybridized carbons (Fsp3) is 0.200. The minimum absolute atomic E-state index is 0.0309. The molecule has 3 aromatic carbocycles. The first-order chi connectivity index (χ1) is 19.0. The maximum absolute atomic E-state index is 12.0. The number of azo groups is 1. The number of aromatic carboxylic acids is 1. The highest BCUT2D eigenvalue weighted by atomic mass is 32.2. The summed E-state index contributed by atoms with van der Waals surface area (Å²) in [6, 6.07) is 10.5. The molecule has 206 valence electrons. The molecule has 5 rings (SSSR count). The Morgan fingerprint density at radius 1 is 1.05 bits per heavy atom. The Hall–Kier alpha value is -4.89. The molecular formula is C25H23N7O7S. The molecule has 14 nitrogen and oxygen atoms in total. The third-order valence-electron chi connectivity index (χ3n) is 6.41. The number of hydrogen-bond acceptors (Lipinski definition) is 12. The monoisotopic (exact) mass is 565 g/mol. The molecule has 1 aromatic heterocycles. The number of anilines is 3. The second-order valence-corrected chi connectivity index (χ2v) is 10.5. The molecule has 0 saturated carbocycles. The number of fused-ring (bicyclic) bond motifs is 1. The third-order valence-corrected chi connectivity index (χ3v) is 7.24. The van der Waals surface area contributed by atoms with Gasteiger partial charge in [0.05, 0.1) is 16.1 Å². The number of aromatic nitrogens is 3. The summed E-state index contributed by atoms with van der Waals surface area (Å²) in [4.78, 5) is 25.1. The molecule has 0 amide bonds. The van der Waals surface area contributed by atoms with E-state index in [-0.39, 0.29) is 51.3 Å². The SMILES string of the molecule is CC1CCCN1c1nc(O)nc(Nc2cc(S(=O)(=O)O)cc3ccc(/N=N/c4ccccc4C(=O)O)c(O)c23)n1. The van der Waals surface area contributed by atoms with Crippen LogP contribution in [0.2, 0.25) is 0 Å². The summed E-state index contributed by atoms with van der Waals surface area (Å²) in [5.74, 6) is -1.56. The Morgan fingerprint density at radius 3 is 2.50 bits per heavy atom. The highest BCUT2D eigenvalue weighted by Crippen LogP contribution is 2.42. The Balaban J connectivity index is 1.62. The van der Waals surface area contributed by atoms with Gasteiger partial charge in [-0.25, -0.2) is 4.79 Å². The lowest BCUT2D eigenvalue weighted by Gasteiger charge is -2.21. The van der Waals surface area contributed by atoms with Crippen LogP contribution in [0.1, 0.15) is 30.1 Å². The van der Waals surface area contributed by atoms with Crippen molar-refractivity contribution in [3.8, 4) is 11.8 Å². The topological polar surface area (TPSA) is 211 Å². The van der Waals surface area contributed by atoms with Gasteiger partial charge in [-0.2, -0.15) is 23.4 Å². The number of phenolic OH excluding ortho intramolecular Hbond substituents is 1. The lowest BCUT2D eigenvalue weighted by molar-refractivity contribution is 0.0697. The van der Waals surface area contributed by atoms with Crippen LogP contribution < -0.4 is 10.2 Å². The molecular weight excluding hydrogens is 542 g/mol. The quantitative estimate of drug-likeness (QED) is 0.154. The number of benzene rings is 3. The van der Waals surface area contributed by atoms with E-state index in [1.54, 1.807) is 6.07 Å². The molecule has 0 aliphatic carbocycles. The summed E-state index contributed by atoms with van der Waals surface area (Å²) in [6.45, 7) is 2.67. The molecule has 0 spiro atoms. The number of nitrogens with one attached hydrogen (secondary N) is 1. The second-order valence-electron chi connectivity index (χ2n) is 9.07. The molecule has 1 saturated heterocycles. The van der Waals surface area contributed by atoms with Gasteiger partial charge in [0, 0.05) is 18.0 Å². The fourth-order valence-electron chi connectivity index (χ4n) is 4.48. The average Bonchev–Trinajstić information content (AvgIpc) is 3.33. The number of hydrogen-bond donors (Lipinski definition) is 5. The first-order valence-corrected chi connectivity index (χ1v) is 13.5. The third kappa shape index (κ3) is 5.32. The van der Waals surface area contributed by atoms with Crippen molar-refractivity contribution in [3.63, 3.8) is 0 Å². The van der Waals surface area contributed by atoms with Crippen LogP contribution in [0, 0.1) is 0 Å². The van der Waals surface area contributed by atoms with E-state index in [1.165, 1.54) is 30.3 Å². The number of carboxylic acids is 1. The summed E-state index contributed by atoms with van der Waals surface area (Å²) >= 11 is 0. The van der Waals surface area contributed by atoms with Gasteiger partial charge in [-0.1, -0.05) is 18.2 Å². The molecule has 5 N–H and O–H groups in total. The Kier molecular flexibility index (Phi) is 6.91. The van der Waals surface area contributed by atoms with Crippen LogP contribution >= 0.6 is 0 Å². The van der Waals surface area contributed by atoms with Gasteiger partial charge in [0.25, 0.3) is 10.1 Å². The molecule has 0 bridgehead atoms. The molecule has 1 aliphatic rings. The van der Waals surface area contributed by atoms with E-state index in [9.17, 15) is 33.1 Å². The van der Waals surface area contributed by atoms with E-state index in [0.717, 1.165) is 25.0 Å². The summed E-state index contributed by atoms with van der Waals surface area (Å²) in [5.41, 5.74) is -0.125. The molecule has 15 heteroatoms. The van der Waals surface area contributed by atoms with E-state index in [2.05, 4.69) is 30.5 Å². The predicted molar refractivity (Wildman–Crippen MR) is 144 cm³/mol. The van der Waals surface area contributed by atoms with Gasteiger partial charge in [0.15, 0.2) is 5.75 Å². The smallest absolute Gasteiger partial charge is 0.337 e. The van der Waals surface area contributed by atoms with E-state index in [0.29, 0.717) is 6.54 Å². The van der Waals surface area contributed by atoms with Gasteiger partial charge in [0.1, 0.15) is 11.4 Å². The van der Waals surface area contributed by atoms with Crippen molar-refractivity contribution in [2.24, 2.45) is 10.2 Å². The van der Waals surface area contributed by atoms with Crippen LogP contribution in [0.4, 0.5) is 29.0 Å². The van der Waals surface area contributed by atoms with E-state index >= 15 is 0 Å². The van der Waals surface area contributed by atoms with E-state index in [1.807, 2.05) is 11.8 Å². The van der Waals surface area contributed by atoms with E-state index in [4.69, 9.17) is 0 Å². The fourth-order valence-corrected chi connectivity index (χ4v) is 5.02. The van der Waals surface area contributed by atoms with Crippen molar-refractivity contribution in [3.05, 3.63) is 54.1 Å². The summed E-state index contributed by atoms with van der Waals surface area (Å²) in [7, 11) is -4.66. The van der Waals surface area contributed by atoms with Gasteiger partial charge < -0.3 is 25.5 Å². The van der Waals surface area contributed by atoms with Crippen molar-refractivity contribution in [2.75, 3.05) is 16.8 Å². The zero-order valence-electron chi connectivity index (χ0n) is 20.9. The van der Waals surface area contributed by atoms with Crippen molar-refractivity contribution in [1.29, 1.82) is 0 Å². The molecule has 1 aliphatic heterocycles. The first kappa shape index (κ1) is 26.7. The highest BCUT2D eigenvalue weighted by molar-refractivity contribution is 7.85. The lowest BCUT2D eigenvalue weighted by Crippen LogP contribution is -2.28. The summed E-state index contributed by atoms with van der Waals surface area (Å²) in [6.07, 6.45) is 1.83. The Bertz CT molecular complexity index is 1780. The highest BCUT2D eigenvalue weighted by Gasteiger charge is 2.25. The van der Waals surface area contributed by atoms with Crippen LogP contribution in [0.3, 0.4) is 0 Å². The van der Waals surface area contributed by atoms with Gasteiger partial charge in [-0.3, -0.25) is 4.55 Å². The molecule has 1 atom stereocenters. The molecule has 4 aromatic rings. The van der Waals surface area contributed by atoms with Crippen LogP contribution in [0.25, 0.3) is 10.8 Å². The van der Waals surface area contributed by atoms with Crippen molar-refractivity contribution < 1.29 is 33.1 Å². The van der Waals surface area contributed by atoms with Gasteiger partial charge in [-0.05, 0) is 55.5 Å². The minimum Gasteiger partial charge on any atom is -0.505 e. The molecule has 2 heterocycles. The number of phenols is 1. The zero-order chi connectivity index (χ0) is 28.6. The predicted octanol–water partition coefficient (Wildman–Crippen LogP) is 4.53. The van der Waals surface area contributed by atoms with Gasteiger partial charge in [-0.15, -0.1) is 10.2 Å². The van der Waals surface area contributed by atoms with Crippen LogP contribution in [0.15, 0.2) is 63.7 Å². The Labute approximate surface area is 227 Å². The van der Waals surface area contributed by atoms with Crippen LogP contribution in [-0.2, 0) is 10.1 Å². The summed E-state index contributed by atoms with van der Waals surface area (Å²) < 4.78 is 33.7. The molecule has 40 heavy (non-hydrogen) atoms. The van der Waals surface area contributed by atoms with Crippen molar-refractivity contribution in [1.82, 2.24) is 15.0 Å². The average molecular weight is 566 g/mol. The number of nitrogens with zero attached hydrogens (tertiary/aromatic N) is 6. The summed E-state index contributed by atoms with van der Waals surface area (Å²) in [5, 5.41) is 41.8. The molecule has 0 radical (unpaired) electrons. The molecule has 1 unspecified atom stereocenters. The van der Waals surface area contributed by atoms with Gasteiger partial charge in [0.2, 0.25) is 11.9 Å².